The van der Waals surface area contributed by atoms with Crippen LogP contribution < -0.4 is 4.74 Å². The van der Waals surface area contributed by atoms with Gasteiger partial charge in [-0.25, -0.2) is 14.4 Å². The van der Waals surface area contributed by atoms with Gasteiger partial charge in [0.25, 0.3) is 0 Å². The highest BCUT2D eigenvalue weighted by atomic mass is 19.1. The van der Waals surface area contributed by atoms with E-state index in [0.29, 0.717) is 22.8 Å². The van der Waals surface area contributed by atoms with E-state index in [4.69, 9.17) is 4.74 Å². The predicted molar refractivity (Wildman–Crippen MR) is 72.7 cm³/mol. The maximum atomic E-state index is 14.0. The Labute approximate surface area is 112 Å². The summed E-state index contributed by atoms with van der Waals surface area (Å²) in [6.45, 7) is 3.88. The second-order valence-electron chi connectivity index (χ2n) is 4.39. The average molecular weight is 260 g/mol. The van der Waals surface area contributed by atoms with Crippen LogP contribution in [-0.4, -0.2) is 17.1 Å². The number of ether oxygens (including phenoxy) is 1. The molecule has 0 amide bonds. The Morgan fingerprint density at radius 2 is 2.11 bits per heavy atom. The lowest BCUT2D eigenvalue weighted by atomic mass is 10.0. The summed E-state index contributed by atoms with van der Waals surface area (Å²) in [6, 6.07) is 4.68. The van der Waals surface area contributed by atoms with Crippen LogP contribution in [-0.2, 0) is 6.42 Å². The Morgan fingerprint density at radius 1 is 1.32 bits per heavy atom. The molecule has 0 aliphatic rings. The summed E-state index contributed by atoms with van der Waals surface area (Å²) in [5, 5.41) is 0. The lowest BCUT2D eigenvalue weighted by molar-refractivity contribution is 0.414. The van der Waals surface area contributed by atoms with E-state index in [1.54, 1.807) is 32.4 Å². The summed E-state index contributed by atoms with van der Waals surface area (Å²) < 4.78 is 19.2. The van der Waals surface area contributed by atoms with E-state index in [1.165, 1.54) is 6.07 Å². The van der Waals surface area contributed by atoms with Crippen LogP contribution in [0.25, 0.3) is 11.3 Å². The zero-order valence-electron chi connectivity index (χ0n) is 11.4. The number of hydrogen-bond acceptors (Lipinski definition) is 3. The molecule has 1 aromatic carbocycles. The smallest absolute Gasteiger partial charge is 0.132 e. The minimum absolute atomic E-state index is 0.295. The third-order valence-corrected chi connectivity index (χ3v) is 2.93. The van der Waals surface area contributed by atoms with Crippen molar-refractivity contribution in [3.63, 3.8) is 0 Å². The van der Waals surface area contributed by atoms with E-state index in [1.807, 2.05) is 0 Å². The molecule has 2 rings (SSSR count). The molecule has 0 N–H and O–H groups in total. The van der Waals surface area contributed by atoms with Crippen LogP contribution in [0.15, 0.2) is 24.4 Å². The third-order valence-electron chi connectivity index (χ3n) is 2.93. The monoisotopic (exact) mass is 260 g/mol. The van der Waals surface area contributed by atoms with E-state index in [-0.39, 0.29) is 5.82 Å². The molecule has 0 saturated heterocycles. The second kappa shape index (κ2) is 5.78. The normalized spacial score (nSPS) is 10.5. The van der Waals surface area contributed by atoms with Gasteiger partial charge in [-0.1, -0.05) is 13.3 Å². The average Bonchev–Trinajstić information content (AvgIpc) is 2.42. The molecule has 0 aliphatic carbocycles. The molecule has 0 saturated carbocycles. The number of hydrogen-bond donors (Lipinski definition) is 0. The van der Waals surface area contributed by atoms with Gasteiger partial charge < -0.3 is 4.74 Å². The molecule has 0 spiro atoms. The van der Waals surface area contributed by atoms with E-state index < -0.39 is 0 Å². The van der Waals surface area contributed by atoms with Gasteiger partial charge in [0.15, 0.2) is 0 Å². The fourth-order valence-corrected chi connectivity index (χ4v) is 1.99. The Morgan fingerprint density at radius 3 is 2.79 bits per heavy atom. The molecule has 19 heavy (non-hydrogen) atoms. The van der Waals surface area contributed by atoms with E-state index >= 15 is 0 Å². The van der Waals surface area contributed by atoms with Crippen molar-refractivity contribution in [1.29, 1.82) is 0 Å². The molecule has 100 valence electrons. The molecular weight excluding hydrogens is 243 g/mol. The first-order valence-corrected chi connectivity index (χ1v) is 6.32. The lowest BCUT2D eigenvalue weighted by Crippen LogP contribution is -2.00. The van der Waals surface area contributed by atoms with Gasteiger partial charge in [0, 0.05) is 11.8 Å². The molecule has 3 nitrogen and oxygen atoms in total. The number of halogens is 1. The lowest BCUT2D eigenvalue weighted by Gasteiger charge is -2.10. The van der Waals surface area contributed by atoms with Gasteiger partial charge in [-0.15, -0.1) is 0 Å². The molecule has 0 radical (unpaired) electrons. The number of methoxy groups -OCH3 is 1. The van der Waals surface area contributed by atoms with Crippen LogP contribution in [0.5, 0.6) is 5.75 Å². The fourth-order valence-electron chi connectivity index (χ4n) is 1.99. The van der Waals surface area contributed by atoms with Gasteiger partial charge in [0.05, 0.1) is 12.8 Å². The number of aromatic nitrogens is 2. The zero-order chi connectivity index (χ0) is 13.8. The highest BCUT2D eigenvalue weighted by molar-refractivity contribution is 5.65. The Bertz CT molecular complexity index is 584. The zero-order valence-corrected chi connectivity index (χ0v) is 11.4. The van der Waals surface area contributed by atoms with Crippen molar-refractivity contribution in [2.75, 3.05) is 7.11 Å². The van der Waals surface area contributed by atoms with Gasteiger partial charge in [0.2, 0.25) is 0 Å². The first-order chi connectivity index (χ1) is 9.15. The summed E-state index contributed by atoms with van der Waals surface area (Å²) in [5.74, 6) is 0.962. The number of nitrogens with zero attached hydrogens (tertiary/aromatic N) is 2. The molecule has 0 unspecified atom stereocenters. The Balaban J connectivity index is 2.59. The maximum absolute atomic E-state index is 14.0. The van der Waals surface area contributed by atoms with Crippen molar-refractivity contribution in [3.8, 4) is 17.0 Å². The summed E-state index contributed by atoms with van der Waals surface area (Å²) in [7, 11) is 1.56. The summed E-state index contributed by atoms with van der Waals surface area (Å²) >= 11 is 0. The van der Waals surface area contributed by atoms with Crippen molar-refractivity contribution in [3.05, 3.63) is 41.6 Å². The van der Waals surface area contributed by atoms with Gasteiger partial charge >= 0.3 is 0 Å². The summed E-state index contributed by atoms with van der Waals surface area (Å²) in [5.41, 5.74) is 2.08. The molecule has 2 aromatic rings. The maximum Gasteiger partial charge on any atom is 0.132 e. The van der Waals surface area contributed by atoms with Crippen molar-refractivity contribution in [2.45, 2.75) is 26.7 Å². The van der Waals surface area contributed by atoms with Crippen LogP contribution in [0.2, 0.25) is 0 Å². The van der Waals surface area contributed by atoms with E-state index in [2.05, 4.69) is 16.9 Å². The molecular formula is C15H17FN2O. The van der Waals surface area contributed by atoms with Crippen LogP contribution in [0, 0.1) is 12.7 Å². The summed E-state index contributed by atoms with van der Waals surface area (Å²) in [4.78, 5) is 8.58. The molecule has 1 heterocycles. The third kappa shape index (κ3) is 2.89. The SMILES string of the molecule is CCCc1cnc(C)nc1-c1cc(OC)ccc1F. The van der Waals surface area contributed by atoms with Crippen molar-refractivity contribution in [1.82, 2.24) is 9.97 Å². The van der Waals surface area contributed by atoms with Crippen LogP contribution in [0.1, 0.15) is 24.7 Å². The molecule has 0 aliphatic heterocycles. The van der Waals surface area contributed by atoms with Crippen molar-refractivity contribution < 1.29 is 9.13 Å². The number of rotatable bonds is 4. The molecule has 4 heteroatoms. The standard InChI is InChI=1S/C15H17FN2O/c1-4-5-11-9-17-10(2)18-15(11)13-8-12(19-3)6-7-14(13)16/h6-9H,4-5H2,1-3H3. The van der Waals surface area contributed by atoms with E-state index in [0.717, 1.165) is 18.4 Å². The molecule has 0 atom stereocenters. The predicted octanol–water partition coefficient (Wildman–Crippen LogP) is 3.55. The van der Waals surface area contributed by atoms with Crippen molar-refractivity contribution >= 4 is 0 Å². The fraction of sp³-hybridized carbons (Fsp3) is 0.333. The minimum Gasteiger partial charge on any atom is -0.497 e. The second-order valence-corrected chi connectivity index (χ2v) is 4.39. The highest BCUT2D eigenvalue weighted by Gasteiger charge is 2.13. The number of benzene rings is 1. The minimum atomic E-state index is -0.295. The van der Waals surface area contributed by atoms with Gasteiger partial charge in [-0.2, -0.15) is 0 Å². The molecule has 0 bridgehead atoms. The largest absolute Gasteiger partial charge is 0.497 e. The van der Waals surface area contributed by atoms with Crippen molar-refractivity contribution in [2.24, 2.45) is 0 Å². The topological polar surface area (TPSA) is 35.0 Å². The first-order valence-electron chi connectivity index (χ1n) is 6.32. The molecule has 0 fully saturated rings. The van der Waals surface area contributed by atoms with Crippen LogP contribution in [0.3, 0.4) is 0 Å². The Hall–Kier alpha value is -1.97. The van der Waals surface area contributed by atoms with Gasteiger partial charge in [-0.05, 0) is 37.1 Å². The van der Waals surface area contributed by atoms with E-state index in [9.17, 15) is 4.39 Å². The van der Waals surface area contributed by atoms with Crippen LogP contribution >= 0.6 is 0 Å². The Kier molecular flexibility index (Phi) is 4.10. The quantitative estimate of drug-likeness (QED) is 0.843. The van der Waals surface area contributed by atoms with Gasteiger partial charge in [-0.3, -0.25) is 0 Å². The summed E-state index contributed by atoms with van der Waals surface area (Å²) in [6.07, 6.45) is 3.57. The highest BCUT2D eigenvalue weighted by Crippen LogP contribution is 2.28. The first kappa shape index (κ1) is 13.5. The van der Waals surface area contributed by atoms with Crippen LogP contribution in [0.4, 0.5) is 4.39 Å². The van der Waals surface area contributed by atoms with Gasteiger partial charge in [0.1, 0.15) is 17.4 Å². The number of aryl methyl sites for hydroxylation is 2. The molecule has 1 aromatic heterocycles.